The smallest absolute Gasteiger partial charge is 0.152 e. The Morgan fingerprint density at radius 3 is 2.92 bits per heavy atom. The molecule has 0 saturated carbocycles. The summed E-state index contributed by atoms with van der Waals surface area (Å²) in [5, 5.41) is 2.00. The zero-order chi connectivity index (χ0) is 16.9. The van der Waals surface area contributed by atoms with E-state index in [1.165, 1.54) is 22.5 Å². The van der Waals surface area contributed by atoms with Crippen molar-refractivity contribution in [1.29, 1.82) is 0 Å². The molecule has 1 atom stereocenters. The van der Waals surface area contributed by atoms with Crippen molar-refractivity contribution in [2.24, 2.45) is 10.9 Å². The predicted molar refractivity (Wildman–Crippen MR) is 98.3 cm³/mol. The van der Waals surface area contributed by atoms with Crippen molar-refractivity contribution >= 4 is 17.6 Å². The maximum atomic E-state index is 6.05. The summed E-state index contributed by atoms with van der Waals surface area (Å²) in [4.78, 5) is 9.03. The van der Waals surface area contributed by atoms with E-state index < -0.39 is 0 Å². The van der Waals surface area contributed by atoms with Crippen LogP contribution in [0.1, 0.15) is 31.4 Å². The van der Waals surface area contributed by atoms with Crippen LogP contribution in [0, 0.1) is 11.4 Å². The lowest BCUT2D eigenvalue weighted by Gasteiger charge is -2.23. The first-order chi connectivity index (χ1) is 11.7. The third-order valence-electron chi connectivity index (χ3n) is 4.26. The van der Waals surface area contributed by atoms with E-state index in [4.69, 9.17) is 14.5 Å². The molecule has 3 rings (SSSR count). The molecule has 1 aliphatic heterocycles. The SMILES string of the molecule is COCCCOc1cc2c(cc1-c1cs[c]n1)C=NC(C(C)C)C2. The van der Waals surface area contributed by atoms with Gasteiger partial charge in [0.25, 0.3) is 0 Å². The molecule has 0 bridgehead atoms. The van der Waals surface area contributed by atoms with Gasteiger partial charge in [-0.05, 0) is 35.6 Å². The van der Waals surface area contributed by atoms with Gasteiger partial charge in [-0.2, -0.15) is 0 Å². The average Bonchev–Trinajstić information content (AvgIpc) is 3.11. The first-order valence-corrected chi connectivity index (χ1v) is 9.20. The van der Waals surface area contributed by atoms with Gasteiger partial charge in [-0.15, -0.1) is 11.3 Å². The number of thiazole rings is 1. The summed E-state index contributed by atoms with van der Waals surface area (Å²) in [7, 11) is 1.71. The fourth-order valence-electron chi connectivity index (χ4n) is 2.81. The highest BCUT2D eigenvalue weighted by Crippen LogP contribution is 2.34. The second-order valence-corrected chi connectivity index (χ2v) is 7.01. The molecule has 0 fully saturated rings. The Kier molecular flexibility index (Phi) is 5.63. The van der Waals surface area contributed by atoms with Crippen molar-refractivity contribution in [1.82, 2.24) is 4.98 Å². The molecule has 1 radical (unpaired) electrons. The average molecular weight is 343 g/mol. The highest BCUT2D eigenvalue weighted by Gasteiger charge is 2.21. The molecule has 0 saturated heterocycles. The maximum Gasteiger partial charge on any atom is 0.152 e. The van der Waals surface area contributed by atoms with Crippen LogP contribution in [0.3, 0.4) is 0 Å². The van der Waals surface area contributed by atoms with E-state index >= 15 is 0 Å². The van der Waals surface area contributed by atoms with Gasteiger partial charge in [0.1, 0.15) is 5.75 Å². The molecule has 24 heavy (non-hydrogen) atoms. The van der Waals surface area contributed by atoms with Crippen molar-refractivity contribution < 1.29 is 9.47 Å². The molecule has 1 aromatic heterocycles. The summed E-state index contributed by atoms with van der Waals surface area (Å²) < 4.78 is 11.2. The molecule has 0 aliphatic carbocycles. The number of nitrogens with zero attached hydrogens (tertiary/aromatic N) is 2. The molecule has 1 unspecified atom stereocenters. The first kappa shape index (κ1) is 17.1. The van der Waals surface area contributed by atoms with Crippen LogP contribution in [0.25, 0.3) is 11.3 Å². The number of benzene rings is 1. The van der Waals surface area contributed by atoms with Crippen molar-refractivity contribution in [3.05, 3.63) is 34.2 Å². The third-order valence-corrected chi connectivity index (χ3v) is 4.80. The number of hydrogen-bond acceptors (Lipinski definition) is 5. The van der Waals surface area contributed by atoms with Crippen LogP contribution in [0.15, 0.2) is 22.5 Å². The highest BCUT2D eigenvalue weighted by molar-refractivity contribution is 7.07. The predicted octanol–water partition coefficient (Wildman–Crippen LogP) is 4.03. The van der Waals surface area contributed by atoms with Crippen molar-refractivity contribution in [2.45, 2.75) is 32.7 Å². The monoisotopic (exact) mass is 343 g/mol. The van der Waals surface area contributed by atoms with Crippen LogP contribution in [-0.4, -0.2) is 37.6 Å². The lowest BCUT2D eigenvalue weighted by molar-refractivity contribution is 0.172. The van der Waals surface area contributed by atoms with Crippen LogP contribution < -0.4 is 4.74 Å². The van der Waals surface area contributed by atoms with E-state index in [9.17, 15) is 0 Å². The van der Waals surface area contributed by atoms with Gasteiger partial charge < -0.3 is 9.47 Å². The Hall–Kier alpha value is -1.72. The summed E-state index contributed by atoms with van der Waals surface area (Å²) in [5.41, 5.74) is 7.30. The zero-order valence-electron chi connectivity index (χ0n) is 14.4. The third kappa shape index (κ3) is 3.84. The summed E-state index contributed by atoms with van der Waals surface area (Å²) >= 11 is 1.47. The number of fused-ring (bicyclic) bond motifs is 1. The summed E-state index contributed by atoms with van der Waals surface area (Å²) in [6.45, 7) is 5.77. The van der Waals surface area contributed by atoms with E-state index in [0.717, 1.165) is 29.8 Å². The minimum atomic E-state index is 0.345. The van der Waals surface area contributed by atoms with E-state index in [1.54, 1.807) is 7.11 Å². The van der Waals surface area contributed by atoms with Crippen molar-refractivity contribution in [3.8, 4) is 17.0 Å². The van der Waals surface area contributed by atoms with Gasteiger partial charge in [0.15, 0.2) is 5.51 Å². The van der Waals surface area contributed by atoms with Crippen LogP contribution in [-0.2, 0) is 11.2 Å². The van der Waals surface area contributed by atoms with Gasteiger partial charge in [-0.3, -0.25) is 4.99 Å². The van der Waals surface area contributed by atoms with Crippen molar-refractivity contribution in [2.75, 3.05) is 20.3 Å². The molecule has 1 aliphatic rings. The number of aromatic nitrogens is 1. The molecule has 0 N–H and O–H groups in total. The summed E-state index contributed by atoms with van der Waals surface area (Å²) in [6.07, 6.45) is 3.82. The van der Waals surface area contributed by atoms with Crippen LogP contribution in [0.5, 0.6) is 5.75 Å². The molecule has 1 aromatic carbocycles. The second kappa shape index (κ2) is 7.90. The largest absolute Gasteiger partial charge is 0.493 e. The quantitative estimate of drug-likeness (QED) is 0.713. The van der Waals surface area contributed by atoms with Gasteiger partial charge in [0, 0.05) is 37.3 Å². The molecular weight excluding hydrogens is 320 g/mol. The summed E-state index contributed by atoms with van der Waals surface area (Å²) in [5.74, 6) is 1.43. The zero-order valence-corrected chi connectivity index (χ0v) is 15.2. The molecule has 0 spiro atoms. The number of hydrogen-bond donors (Lipinski definition) is 0. The molecule has 4 nitrogen and oxygen atoms in total. The van der Waals surface area contributed by atoms with E-state index in [1.807, 2.05) is 11.6 Å². The highest BCUT2D eigenvalue weighted by atomic mass is 32.1. The number of aliphatic imine (C=N–C) groups is 1. The van der Waals surface area contributed by atoms with Crippen LogP contribution >= 0.6 is 11.3 Å². The van der Waals surface area contributed by atoms with Gasteiger partial charge in [0.2, 0.25) is 0 Å². The minimum Gasteiger partial charge on any atom is -0.493 e. The van der Waals surface area contributed by atoms with E-state index in [0.29, 0.717) is 25.2 Å². The Labute approximate surface area is 147 Å². The molecule has 5 heteroatoms. The molecule has 2 heterocycles. The van der Waals surface area contributed by atoms with Gasteiger partial charge >= 0.3 is 0 Å². The lowest BCUT2D eigenvalue weighted by Crippen LogP contribution is -2.21. The van der Waals surface area contributed by atoms with Gasteiger partial charge in [-0.25, -0.2) is 4.98 Å². The molecular formula is C19H23N2O2S. The summed E-state index contributed by atoms with van der Waals surface area (Å²) in [6, 6.07) is 4.65. The van der Waals surface area contributed by atoms with Crippen molar-refractivity contribution in [3.63, 3.8) is 0 Å². The molecule has 0 amide bonds. The Bertz CT molecular complexity index is 696. The Morgan fingerprint density at radius 1 is 1.33 bits per heavy atom. The Balaban J connectivity index is 1.90. The van der Waals surface area contributed by atoms with Gasteiger partial charge in [-0.1, -0.05) is 13.8 Å². The van der Waals surface area contributed by atoms with Crippen LogP contribution in [0.4, 0.5) is 0 Å². The number of methoxy groups -OCH3 is 1. The normalized spacial score (nSPS) is 16.4. The number of rotatable bonds is 7. The van der Waals surface area contributed by atoms with E-state index in [-0.39, 0.29) is 0 Å². The number of ether oxygens (including phenoxy) is 2. The van der Waals surface area contributed by atoms with Crippen LogP contribution in [0.2, 0.25) is 0 Å². The van der Waals surface area contributed by atoms with E-state index in [2.05, 4.69) is 36.5 Å². The fraction of sp³-hybridized carbons (Fsp3) is 0.474. The standard InChI is InChI=1S/C19H23N2O2S/c1-13(2)17-8-14-9-19(23-6-4-5-22-3)16(7-15(14)10-20-17)18-11-24-12-21-18/h7,9-11,13,17H,4-6,8H2,1-3H3. The second-order valence-electron chi connectivity index (χ2n) is 6.36. The Morgan fingerprint density at radius 2 is 2.21 bits per heavy atom. The minimum absolute atomic E-state index is 0.345. The van der Waals surface area contributed by atoms with Gasteiger partial charge in [0.05, 0.1) is 18.3 Å². The molecule has 2 aromatic rings. The lowest BCUT2D eigenvalue weighted by atomic mass is 9.90. The fourth-order valence-corrected chi connectivity index (χ4v) is 3.31. The molecule has 127 valence electrons. The first-order valence-electron chi connectivity index (χ1n) is 8.33. The topological polar surface area (TPSA) is 43.7 Å². The maximum absolute atomic E-state index is 6.05.